The van der Waals surface area contributed by atoms with E-state index in [-0.39, 0.29) is 6.61 Å². The van der Waals surface area contributed by atoms with Gasteiger partial charge < -0.3 is 9.52 Å². The minimum atomic E-state index is 0.249. The predicted molar refractivity (Wildman–Crippen MR) is 75.0 cm³/mol. The Bertz CT molecular complexity index is 509. The number of nitrogens with zero attached hydrogens (tertiary/aromatic N) is 2. The van der Waals surface area contributed by atoms with Crippen LogP contribution in [0.15, 0.2) is 28.4 Å². The SMILES string of the molecule is OCC1CCCCN1Cc1csc(-c2ccoc2)n1. The first-order valence-electron chi connectivity index (χ1n) is 6.68. The Morgan fingerprint density at radius 3 is 3.21 bits per heavy atom. The van der Waals surface area contributed by atoms with Crippen LogP contribution in [0.25, 0.3) is 10.6 Å². The molecular weight excluding hydrogens is 260 g/mol. The summed E-state index contributed by atoms with van der Waals surface area (Å²) < 4.78 is 5.09. The Balaban J connectivity index is 1.69. The second-order valence-electron chi connectivity index (χ2n) is 4.96. The first-order valence-corrected chi connectivity index (χ1v) is 7.56. The molecule has 1 aliphatic rings. The van der Waals surface area contributed by atoms with Crippen molar-refractivity contribution < 1.29 is 9.52 Å². The van der Waals surface area contributed by atoms with Gasteiger partial charge in [-0.3, -0.25) is 4.90 Å². The zero-order valence-corrected chi connectivity index (χ0v) is 11.6. The molecule has 4 nitrogen and oxygen atoms in total. The van der Waals surface area contributed by atoms with Crippen molar-refractivity contribution in [2.24, 2.45) is 0 Å². The molecule has 19 heavy (non-hydrogen) atoms. The molecule has 1 N–H and O–H groups in total. The van der Waals surface area contributed by atoms with E-state index in [1.807, 2.05) is 6.07 Å². The quantitative estimate of drug-likeness (QED) is 0.934. The van der Waals surface area contributed by atoms with Crippen LogP contribution in [0, 0.1) is 0 Å². The number of hydrogen-bond acceptors (Lipinski definition) is 5. The Labute approximate surface area is 116 Å². The molecule has 1 unspecified atom stereocenters. The van der Waals surface area contributed by atoms with Crippen molar-refractivity contribution in [2.75, 3.05) is 13.2 Å². The zero-order valence-electron chi connectivity index (χ0n) is 10.8. The average Bonchev–Trinajstić information content (AvgIpc) is 3.09. The largest absolute Gasteiger partial charge is 0.472 e. The van der Waals surface area contributed by atoms with E-state index in [4.69, 9.17) is 4.42 Å². The summed E-state index contributed by atoms with van der Waals surface area (Å²) in [7, 11) is 0. The molecule has 0 saturated carbocycles. The topological polar surface area (TPSA) is 49.5 Å². The Hall–Kier alpha value is -1.17. The molecule has 0 aromatic carbocycles. The Morgan fingerprint density at radius 1 is 1.47 bits per heavy atom. The highest BCUT2D eigenvalue weighted by atomic mass is 32.1. The van der Waals surface area contributed by atoms with Crippen LogP contribution in [-0.4, -0.2) is 34.2 Å². The predicted octanol–water partition coefficient (Wildman–Crippen LogP) is 2.75. The van der Waals surface area contributed by atoms with E-state index < -0.39 is 0 Å². The van der Waals surface area contributed by atoms with Crippen molar-refractivity contribution in [3.05, 3.63) is 29.7 Å². The maximum atomic E-state index is 9.42. The van der Waals surface area contributed by atoms with E-state index in [2.05, 4.69) is 15.3 Å². The molecular formula is C14H18N2O2S. The van der Waals surface area contributed by atoms with Gasteiger partial charge in [0.15, 0.2) is 0 Å². The van der Waals surface area contributed by atoms with E-state index in [0.717, 1.165) is 35.8 Å². The first-order chi connectivity index (χ1) is 9.36. The van der Waals surface area contributed by atoms with Gasteiger partial charge in [0.05, 0.1) is 18.6 Å². The Kier molecular flexibility index (Phi) is 3.96. The molecule has 102 valence electrons. The zero-order chi connectivity index (χ0) is 13.1. The van der Waals surface area contributed by atoms with Crippen molar-refractivity contribution in [1.82, 2.24) is 9.88 Å². The van der Waals surface area contributed by atoms with Gasteiger partial charge in [-0.2, -0.15) is 0 Å². The van der Waals surface area contributed by atoms with E-state index in [9.17, 15) is 5.11 Å². The lowest BCUT2D eigenvalue weighted by Gasteiger charge is -2.33. The summed E-state index contributed by atoms with van der Waals surface area (Å²) in [6, 6.07) is 2.23. The molecule has 0 aliphatic carbocycles. The van der Waals surface area contributed by atoms with Crippen molar-refractivity contribution in [2.45, 2.75) is 31.8 Å². The molecule has 3 rings (SSSR count). The van der Waals surface area contributed by atoms with Gasteiger partial charge >= 0.3 is 0 Å². The van der Waals surface area contributed by atoms with Gasteiger partial charge in [-0.15, -0.1) is 11.3 Å². The van der Waals surface area contributed by atoms with Gasteiger partial charge in [-0.05, 0) is 25.5 Å². The second kappa shape index (κ2) is 5.86. The summed E-state index contributed by atoms with van der Waals surface area (Å²) in [5.74, 6) is 0. The summed E-state index contributed by atoms with van der Waals surface area (Å²) in [6.07, 6.45) is 6.92. The number of furan rings is 1. The molecule has 5 heteroatoms. The molecule has 1 saturated heterocycles. The normalized spacial score (nSPS) is 20.8. The molecule has 1 atom stereocenters. The van der Waals surface area contributed by atoms with Crippen LogP contribution in [0.2, 0.25) is 0 Å². The number of piperidine rings is 1. The summed E-state index contributed by atoms with van der Waals surface area (Å²) in [5, 5.41) is 12.5. The highest BCUT2D eigenvalue weighted by molar-refractivity contribution is 7.13. The van der Waals surface area contributed by atoms with Crippen LogP contribution in [-0.2, 0) is 6.54 Å². The fourth-order valence-corrected chi connectivity index (χ4v) is 3.38. The first kappa shape index (κ1) is 12.8. The van der Waals surface area contributed by atoms with Gasteiger partial charge in [-0.25, -0.2) is 4.98 Å². The number of likely N-dealkylation sites (tertiary alicyclic amines) is 1. The van der Waals surface area contributed by atoms with Crippen LogP contribution >= 0.6 is 11.3 Å². The molecule has 1 aliphatic heterocycles. The number of aliphatic hydroxyl groups excluding tert-OH is 1. The van der Waals surface area contributed by atoms with Gasteiger partial charge in [0.2, 0.25) is 0 Å². The molecule has 2 aromatic heterocycles. The van der Waals surface area contributed by atoms with Gasteiger partial charge in [0.1, 0.15) is 11.3 Å². The lowest BCUT2D eigenvalue weighted by molar-refractivity contribution is 0.0832. The van der Waals surface area contributed by atoms with Crippen LogP contribution in [0.3, 0.4) is 0 Å². The fourth-order valence-electron chi connectivity index (χ4n) is 2.58. The number of thiazole rings is 1. The number of hydrogen-bond donors (Lipinski definition) is 1. The third-order valence-electron chi connectivity index (χ3n) is 3.64. The molecule has 1 fully saturated rings. The lowest BCUT2D eigenvalue weighted by Crippen LogP contribution is -2.41. The number of aromatic nitrogens is 1. The van der Waals surface area contributed by atoms with E-state index in [1.165, 1.54) is 12.8 Å². The van der Waals surface area contributed by atoms with Crippen molar-refractivity contribution in [1.29, 1.82) is 0 Å². The molecule has 0 bridgehead atoms. The van der Waals surface area contributed by atoms with E-state index in [0.29, 0.717) is 6.04 Å². The summed E-state index contributed by atoms with van der Waals surface area (Å²) in [5.41, 5.74) is 2.12. The minimum Gasteiger partial charge on any atom is -0.472 e. The van der Waals surface area contributed by atoms with Crippen molar-refractivity contribution in [3.63, 3.8) is 0 Å². The van der Waals surface area contributed by atoms with Crippen LogP contribution in [0.5, 0.6) is 0 Å². The summed E-state index contributed by atoms with van der Waals surface area (Å²) in [4.78, 5) is 7.00. The summed E-state index contributed by atoms with van der Waals surface area (Å²) in [6.45, 7) is 2.14. The van der Waals surface area contributed by atoms with Gasteiger partial charge in [0.25, 0.3) is 0 Å². The molecule has 0 amide bonds. The third-order valence-corrected chi connectivity index (χ3v) is 4.58. The van der Waals surface area contributed by atoms with E-state index >= 15 is 0 Å². The smallest absolute Gasteiger partial charge is 0.126 e. The molecule has 0 spiro atoms. The maximum absolute atomic E-state index is 9.42. The van der Waals surface area contributed by atoms with Crippen molar-refractivity contribution in [3.8, 4) is 10.6 Å². The maximum Gasteiger partial charge on any atom is 0.126 e. The molecule has 0 radical (unpaired) electrons. The minimum absolute atomic E-state index is 0.249. The van der Waals surface area contributed by atoms with Gasteiger partial charge in [0, 0.05) is 23.5 Å². The highest BCUT2D eigenvalue weighted by Gasteiger charge is 2.22. The number of rotatable bonds is 4. The van der Waals surface area contributed by atoms with Crippen LogP contribution in [0.4, 0.5) is 0 Å². The second-order valence-corrected chi connectivity index (χ2v) is 5.82. The van der Waals surface area contributed by atoms with Crippen LogP contribution in [0.1, 0.15) is 25.0 Å². The third kappa shape index (κ3) is 2.88. The van der Waals surface area contributed by atoms with Gasteiger partial charge in [-0.1, -0.05) is 6.42 Å². The number of aliphatic hydroxyl groups is 1. The average molecular weight is 278 g/mol. The highest BCUT2D eigenvalue weighted by Crippen LogP contribution is 2.26. The monoisotopic (exact) mass is 278 g/mol. The standard InChI is InChI=1S/C14H18N2O2S/c17-8-13-3-1-2-5-16(13)7-12-10-19-14(15-12)11-4-6-18-9-11/h4,6,9-10,13,17H,1-3,5,7-8H2. The summed E-state index contributed by atoms with van der Waals surface area (Å²) >= 11 is 1.64. The van der Waals surface area contributed by atoms with Crippen LogP contribution < -0.4 is 0 Å². The fraction of sp³-hybridized carbons (Fsp3) is 0.500. The molecule has 2 aromatic rings. The lowest BCUT2D eigenvalue weighted by atomic mass is 10.0. The van der Waals surface area contributed by atoms with E-state index in [1.54, 1.807) is 23.9 Å². The molecule has 3 heterocycles. The Morgan fingerprint density at radius 2 is 2.42 bits per heavy atom. The van der Waals surface area contributed by atoms with Crippen molar-refractivity contribution >= 4 is 11.3 Å².